The number of phenolic OH excluding ortho intramolecular Hbond substituents is 1. The number of halogens is 9. The van der Waals surface area contributed by atoms with Crippen molar-refractivity contribution in [3.05, 3.63) is 122 Å². The van der Waals surface area contributed by atoms with Gasteiger partial charge in [0.05, 0.1) is 38.8 Å². The summed E-state index contributed by atoms with van der Waals surface area (Å²) >= 11 is 18.8. The molecule has 312 valence electrons. The zero-order valence-electron chi connectivity index (χ0n) is 30.9. The molecule has 0 bridgehead atoms. The molecule has 2 N–H and O–H groups in total. The van der Waals surface area contributed by atoms with E-state index in [1.54, 1.807) is 31.2 Å². The Morgan fingerprint density at radius 1 is 0.883 bits per heavy atom. The average Bonchev–Trinajstić information content (AvgIpc) is 3.56. The molecule has 6 atom stereocenters. The number of carbonyl (C=O) groups excluding carboxylic acids is 4. The van der Waals surface area contributed by atoms with Gasteiger partial charge in [-0.15, -0.1) is 0 Å². The summed E-state index contributed by atoms with van der Waals surface area (Å²) in [7, 11) is 1.17. The van der Waals surface area contributed by atoms with Crippen LogP contribution in [-0.4, -0.2) is 55.8 Å². The summed E-state index contributed by atoms with van der Waals surface area (Å²) in [4.78, 5) is 66.4. The van der Waals surface area contributed by atoms with Gasteiger partial charge in [0.1, 0.15) is 11.4 Å². The molecule has 4 aliphatic rings. The first-order valence-corrected chi connectivity index (χ1v) is 19.3. The highest BCUT2D eigenvalue weighted by atomic mass is 35.5. The molecule has 11 nitrogen and oxygen atoms in total. The standard InChI is InChI=1S/C40H29Cl3F6N6O5/c1-17-4-3-5-23(31(17)56)30-21-10-11-22-29(36(59)55(34(22)57)53(2)33-26(42)12-13-28(51-33)40(47,48)49)24(21)15-25-35(58)54(37(60)38(25,30)18-6-8-20(41)9-7-18)52-32-27(43)14-19(16-50-32)39(44,45)46/h3-10,12-14,16,22,24-25,29-30,56H,11,15H2,1-2H3,(H,50,52). The maximum atomic E-state index is 15.3. The Bertz CT molecular complexity index is 2540. The van der Waals surface area contributed by atoms with Gasteiger partial charge in [-0.05, 0) is 67.1 Å². The molecule has 4 heterocycles. The number of pyridine rings is 2. The molecule has 2 saturated heterocycles. The first-order valence-electron chi connectivity index (χ1n) is 18.1. The van der Waals surface area contributed by atoms with Crippen LogP contribution < -0.4 is 10.4 Å². The molecule has 2 aromatic carbocycles. The Morgan fingerprint density at radius 2 is 1.58 bits per heavy atom. The monoisotopic (exact) mass is 892 g/mol. The van der Waals surface area contributed by atoms with E-state index in [0.29, 0.717) is 39.5 Å². The highest BCUT2D eigenvalue weighted by Crippen LogP contribution is 2.65. The third-order valence-corrected chi connectivity index (χ3v) is 12.7. The second-order valence-corrected chi connectivity index (χ2v) is 16.2. The zero-order valence-corrected chi connectivity index (χ0v) is 33.2. The summed E-state index contributed by atoms with van der Waals surface area (Å²) < 4.78 is 81.6. The number of alkyl halides is 6. The van der Waals surface area contributed by atoms with E-state index in [1.165, 1.54) is 31.3 Å². The number of phenols is 1. The molecule has 2 aromatic heterocycles. The quantitative estimate of drug-likeness (QED) is 0.111. The Morgan fingerprint density at radius 3 is 2.23 bits per heavy atom. The number of anilines is 2. The average molecular weight is 894 g/mol. The number of aromatic nitrogens is 2. The molecular formula is C40H29Cl3F6N6O5. The maximum absolute atomic E-state index is 15.3. The molecule has 6 unspecified atom stereocenters. The molecule has 20 heteroatoms. The van der Waals surface area contributed by atoms with Gasteiger partial charge < -0.3 is 5.11 Å². The minimum atomic E-state index is -4.89. The van der Waals surface area contributed by atoms with Crippen LogP contribution in [-0.2, 0) is 36.9 Å². The summed E-state index contributed by atoms with van der Waals surface area (Å²) in [5.41, 5.74) is -0.651. The predicted molar refractivity (Wildman–Crippen MR) is 204 cm³/mol. The third-order valence-electron chi connectivity index (χ3n) is 11.8. The van der Waals surface area contributed by atoms with E-state index in [9.17, 15) is 45.8 Å². The fourth-order valence-electron chi connectivity index (χ4n) is 9.23. The van der Waals surface area contributed by atoms with Crippen LogP contribution >= 0.6 is 34.8 Å². The van der Waals surface area contributed by atoms with E-state index in [-0.39, 0.29) is 39.8 Å². The van der Waals surface area contributed by atoms with E-state index < -0.39 is 98.9 Å². The number of allylic oxidation sites excluding steroid dienone is 2. The van der Waals surface area contributed by atoms with E-state index >= 15 is 4.79 Å². The predicted octanol–water partition coefficient (Wildman–Crippen LogP) is 8.52. The van der Waals surface area contributed by atoms with Gasteiger partial charge >= 0.3 is 12.4 Å². The van der Waals surface area contributed by atoms with Crippen LogP contribution in [0.15, 0.2) is 78.5 Å². The molecule has 60 heavy (non-hydrogen) atoms. The number of para-hydroxylation sites is 1. The van der Waals surface area contributed by atoms with Crippen molar-refractivity contribution >= 4 is 70.1 Å². The number of nitrogens with one attached hydrogen (secondary N) is 1. The van der Waals surface area contributed by atoms with Gasteiger partial charge in [0.2, 0.25) is 0 Å². The molecule has 4 amide bonds. The van der Waals surface area contributed by atoms with Crippen LogP contribution in [0, 0.1) is 30.6 Å². The molecule has 1 saturated carbocycles. The number of hydrogen-bond acceptors (Lipinski definition) is 9. The van der Waals surface area contributed by atoms with Crippen LogP contribution in [0.3, 0.4) is 0 Å². The number of aromatic hydroxyl groups is 1. The minimum Gasteiger partial charge on any atom is -0.507 e. The van der Waals surface area contributed by atoms with Crippen molar-refractivity contribution in [3.8, 4) is 5.75 Å². The number of hydrogen-bond donors (Lipinski definition) is 2. The SMILES string of the molecule is Cc1cccc(C2C3=CCC4C(=O)N(N(C)c5nc(C(F)(F)F)ccc5Cl)C(=O)C4C3CC3C(=O)N(Nc4ncc(C(F)(F)F)cc4Cl)C(=O)C32c2ccc(Cl)cc2)c1O. The van der Waals surface area contributed by atoms with Crippen molar-refractivity contribution < 1.29 is 50.6 Å². The summed E-state index contributed by atoms with van der Waals surface area (Å²) in [5.74, 6) is -10.5. The Balaban J connectivity index is 1.28. The van der Waals surface area contributed by atoms with Crippen molar-refractivity contribution in [1.82, 2.24) is 20.0 Å². The molecule has 3 fully saturated rings. The Hall–Kier alpha value is -5.39. The van der Waals surface area contributed by atoms with Gasteiger partial charge in [0.15, 0.2) is 11.6 Å². The van der Waals surface area contributed by atoms with Crippen molar-refractivity contribution in [1.29, 1.82) is 0 Å². The second-order valence-electron chi connectivity index (χ2n) is 14.9. The lowest BCUT2D eigenvalue weighted by molar-refractivity contribution is -0.142. The number of hydrazine groups is 2. The summed E-state index contributed by atoms with van der Waals surface area (Å²) in [6, 6.07) is 13.0. The summed E-state index contributed by atoms with van der Waals surface area (Å²) in [6.45, 7) is 1.62. The lowest BCUT2D eigenvalue weighted by Gasteiger charge is -2.50. The van der Waals surface area contributed by atoms with Gasteiger partial charge in [-0.1, -0.05) is 76.8 Å². The van der Waals surface area contributed by atoms with E-state index in [1.807, 2.05) is 0 Å². The van der Waals surface area contributed by atoms with Crippen LogP contribution in [0.4, 0.5) is 38.0 Å². The number of fused-ring (bicyclic) bond motifs is 4. The third kappa shape index (κ3) is 6.26. The van der Waals surface area contributed by atoms with Gasteiger partial charge in [0.25, 0.3) is 23.6 Å². The van der Waals surface area contributed by atoms with Gasteiger partial charge in [-0.3, -0.25) is 29.6 Å². The molecule has 0 spiro atoms. The smallest absolute Gasteiger partial charge is 0.433 e. The number of aryl methyl sites for hydroxylation is 1. The maximum Gasteiger partial charge on any atom is 0.433 e. The molecule has 2 aliphatic carbocycles. The number of imide groups is 2. The topological polar surface area (TPSA) is 136 Å². The number of nitrogens with zero attached hydrogens (tertiary/aromatic N) is 5. The molecule has 0 radical (unpaired) electrons. The fraction of sp³-hybridized carbons (Fsp3) is 0.300. The largest absolute Gasteiger partial charge is 0.507 e. The fourth-order valence-corrected chi connectivity index (χ4v) is 9.79. The molecule has 2 aliphatic heterocycles. The number of amides is 4. The molecular weight excluding hydrogens is 865 g/mol. The van der Waals surface area contributed by atoms with Crippen LogP contribution in [0.5, 0.6) is 5.75 Å². The first kappa shape index (κ1) is 41.3. The van der Waals surface area contributed by atoms with Crippen molar-refractivity contribution in [2.75, 3.05) is 17.5 Å². The van der Waals surface area contributed by atoms with Gasteiger partial charge in [-0.25, -0.2) is 9.97 Å². The van der Waals surface area contributed by atoms with Crippen LogP contribution in [0.1, 0.15) is 46.7 Å². The summed E-state index contributed by atoms with van der Waals surface area (Å²) in [6.07, 6.45) is -7.89. The van der Waals surface area contributed by atoms with E-state index in [4.69, 9.17) is 34.8 Å². The highest BCUT2D eigenvalue weighted by molar-refractivity contribution is 6.33. The van der Waals surface area contributed by atoms with Gasteiger partial charge in [-0.2, -0.15) is 36.4 Å². The van der Waals surface area contributed by atoms with Crippen molar-refractivity contribution in [2.45, 2.75) is 43.5 Å². The van der Waals surface area contributed by atoms with Gasteiger partial charge in [0, 0.05) is 29.7 Å². The van der Waals surface area contributed by atoms with Crippen LogP contribution in [0.25, 0.3) is 0 Å². The number of rotatable bonds is 6. The lowest BCUT2D eigenvalue weighted by Crippen LogP contribution is -2.53. The second kappa shape index (κ2) is 14.4. The minimum absolute atomic E-state index is 0.0885. The molecule has 8 rings (SSSR count). The Kier molecular flexibility index (Phi) is 9.90. The van der Waals surface area contributed by atoms with Crippen molar-refractivity contribution in [3.63, 3.8) is 0 Å². The number of benzene rings is 2. The Labute approximate surface area is 351 Å². The van der Waals surface area contributed by atoms with Crippen LogP contribution in [0.2, 0.25) is 15.1 Å². The highest BCUT2D eigenvalue weighted by Gasteiger charge is 2.71. The summed E-state index contributed by atoms with van der Waals surface area (Å²) in [5, 5.41) is 13.3. The zero-order chi connectivity index (χ0) is 43.4. The van der Waals surface area contributed by atoms with E-state index in [2.05, 4.69) is 15.4 Å². The molecule has 4 aromatic rings. The van der Waals surface area contributed by atoms with Crippen molar-refractivity contribution in [2.24, 2.45) is 23.7 Å². The number of carbonyl (C=O) groups is 4. The first-order chi connectivity index (χ1) is 28.2. The lowest BCUT2D eigenvalue weighted by atomic mass is 9.49. The normalized spacial score (nSPS) is 25.2. The van der Waals surface area contributed by atoms with E-state index in [0.717, 1.165) is 11.1 Å².